The molecule has 1 heterocycles. The molecule has 0 saturated heterocycles. The number of rotatable bonds is 1. The summed E-state index contributed by atoms with van der Waals surface area (Å²) in [6.07, 6.45) is 2.35. The van der Waals surface area contributed by atoms with E-state index in [-0.39, 0.29) is 6.10 Å². The van der Waals surface area contributed by atoms with Gasteiger partial charge in [0.25, 0.3) is 0 Å². The first-order chi connectivity index (χ1) is 6.36. The van der Waals surface area contributed by atoms with Crippen molar-refractivity contribution >= 4 is 5.71 Å². The maximum absolute atomic E-state index is 5.23. The Morgan fingerprint density at radius 3 is 2.69 bits per heavy atom. The molecule has 0 radical (unpaired) electrons. The van der Waals surface area contributed by atoms with Gasteiger partial charge in [0.1, 0.15) is 6.10 Å². The molecular formula is C11H13NO. The molecule has 1 unspecified atom stereocenters. The lowest BCUT2D eigenvalue weighted by atomic mass is 10.0. The fraction of sp³-hybridized carbons (Fsp3) is 0.364. The van der Waals surface area contributed by atoms with Crippen molar-refractivity contribution in [2.45, 2.75) is 25.9 Å². The van der Waals surface area contributed by atoms with Crippen LogP contribution in [0.2, 0.25) is 0 Å². The van der Waals surface area contributed by atoms with Crippen LogP contribution in [0.25, 0.3) is 0 Å². The van der Waals surface area contributed by atoms with Gasteiger partial charge in [0.15, 0.2) is 0 Å². The quantitative estimate of drug-likeness (QED) is 0.642. The minimum Gasteiger partial charge on any atom is -0.393 e. The van der Waals surface area contributed by atoms with Crippen LogP contribution in [0.4, 0.5) is 0 Å². The van der Waals surface area contributed by atoms with Gasteiger partial charge in [-0.25, -0.2) is 0 Å². The Morgan fingerprint density at radius 1 is 1.31 bits per heavy atom. The first-order valence-corrected chi connectivity index (χ1v) is 4.64. The summed E-state index contributed by atoms with van der Waals surface area (Å²) in [6, 6.07) is 10.2. The largest absolute Gasteiger partial charge is 0.393 e. The highest BCUT2D eigenvalue weighted by Gasteiger charge is 2.13. The van der Waals surface area contributed by atoms with E-state index in [9.17, 15) is 0 Å². The molecule has 0 bridgehead atoms. The van der Waals surface area contributed by atoms with E-state index in [0.717, 1.165) is 18.6 Å². The molecule has 0 N–H and O–H groups in total. The van der Waals surface area contributed by atoms with Gasteiger partial charge in [0.2, 0.25) is 0 Å². The second-order valence-corrected chi connectivity index (χ2v) is 3.36. The summed E-state index contributed by atoms with van der Waals surface area (Å²) in [5.74, 6) is 0. The standard InChI is InChI=1S/C11H13NO/c1-9-7-8-11(12-13-9)10-5-3-2-4-6-10/h2-6,9H,7-8H2,1H3. The van der Waals surface area contributed by atoms with Gasteiger partial charge in [-0.3, -0.25) is 0 Å². The van der Waals surface area contributed by atoms with Crippen LogP contribution in [0, 0.1) is 0 Å². The Kier molecular flexibility index (Phi) is 2.30. The van der Waals surface area contributed by atoms with Crippen LogP contribution in [0.5, 0.6) is 0 Å². The first-order valence-electron chi connectivity index (χ1n) is 4.64. The van der Waals surface area contributed by atoms with Gasteiger partial charge in [-0.15, -0.1) is 0 Å². The topological polar surface area (TPSA) is 21.6 Å². The van der Waals surface area contributed by atoms with E-state index in [1.54, 1.807) is 0 Å². The molecule has 0 spiro atoms. The highest BCUT2D eigenvalue weighted by molar-refractivity contribution is 6.00. The molecule has 2 rings (SSSR count). The van der Waals surface area contributed by atoms with Gasteiger partial charge in [-0.1, -0.05) is 35.5 Å². The lowest BCUT2D eigenvalue weighted by Crippen LogP contribution is -2.16. The highest BCUT2D eigenvalue weighted by atomic mass is 16.6. The van der Waals surface area contributed by atoms with Crippen LogP contribution in [0.1, 0.15) is 25.3 Å². The number of benzene rings is 1. The van der Waals surface area contributed by atoms with Gasteiger partial charge < -0.3 is 4.84 Å². The average Bonchev–Trinajstić information content (AvgIpc) is 2.20. The molecule has 2 heteroatoms. The van der Waals surface area contributed by atoms with Crippen molar-refractivity contribution < 1.29 is 4.84 Å². The van der Waals surface area contributed by atoms with Crippen molar-refractivity contribution in [1.29, 1.82) is 0 Å². The molecule has 1 aliphatic heterocycles. The number of oxime groups is 1. The monoisotopic (exact) mass is 175 g/mol. The van der Waals surface area contributed by atoms with Gasteiger partial charge in [0.05, 0.1) is 5.71 Å². The Morgan fingerprint density at radius 2 is 2.08 bits per heavy atom. The van der Waals surface area contributed by atoms with E-state index in [1.807, 2.05) is 25.1 Å². The van der Waals surface area contributed by atoms with Gasteiger partial charge in [-0.2, -0.15) is 0 Å². The predicted molar refractivity (Wildman–Crippen MR) is 52.8 cm³/mol. The predicted octanol–water partition coefficient (Wildman–Crippen LogP) is 2.59. The number of nitrogens with zero attached hydrogens (tertiary/aromatic N) is 1. The molecule has 1 aliphatic rings. The van der Waals surface area contributed by atoms with Crippen molar-refractivity contribution in [3.8, 4) is 0 Å². The average molecular weight is 175 g/mol. The van der Waals surface area contributed by atoms with Crippen LogP contribution in [-0.4, -0.2) is 11.8 Å². The molecule has 0 amide bonds. The van der Waals surface area contributed by atoms with Gasteiger partial charge >= 0.3 is 0 Å². The minimum absolute atomic E-state index is 0.271. The number of hydrogen-bond donors (Lipinski definition) is 0. The lowest BCUT2D eigenvalue weighted by molar-refractivity contribution is 0.0573. The molecule has 0 saturated carbocycles. The summed E-state index contributed by atoms with van der Waals surface area (Å²) >= 11 is 0. The highest BCUT2D eigenvalue weighted by Crippen LogP contribution is 2.15. The fourth-order valence-corrected chi connectivity index (χ4v) is 1.42. The Labute approximate surface area is 78.2 Å². The number of hydrogen-bond acceptors (Lipinski definition) is 2. The molecule has 2 nitrogen and oxygen atoms in total. The third-order valence-corrected chi connectivity index (χ3v) is 2.24. The summed E-state index contributed by atoms with van der Waals surface area (Å²) in [4.78, 5) is 5.23. The van der Waals surface area contributed by atoms with Crippen molar-refractivity contribution in [2.24, 2.45) is 5.16 Å². The molecule has 0 aromatic heterocycles. The van der Waals surface area contributed by atoms with Crippen molar-refractivity contribution in [3.05, 3.63) is 35.9 Å². The molecule has 68 valence electrons. The van der Waals surface area contributed by atoms with Gasteiger partial charge in [-0.05, 0) is 25.3 Å². The van der Waals surface area contributed by atoms with E-state index < -0.39 is 0 Å². The zero-order chi connectivity index (χ0) is 9.10. The molecule has 0 fully saturated rings. The molecule has 1 atom stereocenters. The van der Waals surface area contributed by atoms with Crippen LogP contribution in [0.15, 0.2) is 35.5 Å². The van der Waals surface area contributed by atoms with Crippen LogP contribution < -0.4 is 0 Å². The molecule has 0 aliphatic carbocycles. The minimum atomic E-state index is 0.271. The normalized spacial score (nSPS) is 21.9. The fourth-order valence-electron chi connectivity index (χ4n) is 1.42. The van der Waals surface area contributed by atoms with E-state index in [1.165, 1.54) is 5.56 Å². The Bertz CT molecular complexity index is 305. The van der Waals surface area contributed by atoms with E-state index in [4.69, 9.17) is 4.84 Å². The van der Waals surface area contributed by atoms with Crippen molar-refractivity contribution in [2.75, 3.05) is 0 Å². The molecular weight excluding hydrogens is 162 g/mol. The van der Waals surface area contributed by atoms with Crippen molar-refractivity contribution in [3.63, 3.8) is 0 Å². The maximum atomic E-state index is 5.23. The summed E-state index contributed by atoms with van der Waals surface area (Å²) in [7, 11) is 0. The summed E-state index contributed by atoms with van der Waals surface area (Å²) in [6.45, 7) is 2.05. The lowest BCUT2D eigenvalue weighted by Gasteiger charge is -2.17. The zero-order valence-electron chi connectivity index (χ0n) is 7.73. The maximum Gasteiger partial charge on any atom is 0.125 e. The first kappa shape index (κ1) is 8.30. The summed E-state index contributed by atoms with van der Waals surface area (Å²) in [5, 5.41) is 4.10. The second kappa shape index (κ2) is 3.60. The second-order valence-electron chi connectivity index (χ2n) is 3.36. The van der Waals surface area contributed by atoms with Crippen LogP contribution in [-0.2, 0) is 4.84 Å². The molecule has 1 aromatic carbocycles. The van der Waals surface area contributed by atoms with Crippen molar-refractivity contribution in [1.82, 2.24) is 0 Å². The Balaban J connectivity index is 2.19. The zero-order valence-corrected chi connectivity index (χ0v) is 7.73. The van der Waals surface area contributed by atoms with Gasteiger partial charge in [0, 0.05) is 0 Å². The van der Waals surface area contributed by atoms with E-state index >= 15 is 0 Å². The Hall–Kier alpha value is -1.31. The SMILES string of the molecule is CC1CCC(c2ccccc2)=NO1. The molecule has 13 heavy (non-hydrogen) atoms. The smallest absolute Gasteiger partial charge is 0.125 e. The van der Waals surface area contributed by atoms with E-state index in [2.05, 4.69) is 17.3 Å². The third-order valence-electron chi connectivity index (χ3n) is 2.24. The molecule has 1 aromatic rings. The van der Waals surface area contributed by atoms with E-state index in [0.29, 0.717) is 0 Å². The van der Waals surface area contributed by atoms with Crippen LogP contribution in [0.3, 0.4) is 0 Å². The third kappa shape index (κ3) is 1.89. The van der Waals surface area contributed by atoms with Crippen LogP contribution >= 0.6 is 0 Å². The summed E-state index contributed by atoms with van der Waals surface area (Å²) in [5.41, 5.74) is 2.24. The summed E-state index contributed by atoms with van der Waals surface area (Å²) < 4.78 is 0.